The molecule has 0 saturated heterocycles. The largest absolute Gasteiger partial charge is 0.0901 e. The van der Waals surface area contributed by atoms with Crippen molar-refractivity contribution in [1.82, 2.24) is 0 Å². The van der Waals surface area contributed by atoms with Crippen LogP contribution in [0.4, 0.5) is 0 Å². The second-order valence-corrected chi connectivity index (χ2v) is 5.24. The summed E-state index contributed by atoms with van der Waals surface area (Å²) in [5, 5.41) is 4.49. The standard InChI is InChI=1S/C13H13P/c1-2-5-11-10(4-1)7-8-13-12(11)6-3-9-14-13/h1-2,4-5,7-8,14H,3,6,9H2. The van der Waals surface area contributed by atoms with E-state index in [1.807, 2.05) is 0 Å². The molecule has 1 heteroatoms. The molecule has 70 valence electrons. The number of fused-ring (bicyclic) bond motifs is 3. The number of aryl methyl sites for hydroxylation is 1. The molecule has 0 amide bonds. The van der Waals surface area contributed by atoms with Gasteiger partial charge in [-0.1, -0.05) is 45.0 Å². The lowest BCUT2D eigenvalue weighted by molar-refractivity contribution is 0.934. The Morgan fingerprint density at radius 2 is 1.93 bits per heavy atom. The zero-order valence-electron chi connectivity index (χ0n) is 8.09. The van der Waals surface area contributed by atoms with Crippen LogP contribution in [0.2, 0.25) is 0 Å². The second-order valence-electron chi connectivity index (χ2n) is 3.84. The minimum atomic E-state index is 1.04. The van der Waals surface area contributed by atoms with Crippen molar-refractivity contribution in [3.8, 4) is 0 Å². The van der Waals surface area contributed by atoms with Crippen molar-refractivity contribution in [2.75, 3.05) is 6.16 Å². The number of hydrogen-bond acceptors (Lipinski definition) is 0. The maximum absolute atomic E-state index is 2.33. The van der Waals surface area contributed by atoms with Crippen molar-refractivity contribution in [3.63, 3.8) is 0 Å². The van der Waals surface area contributed by atoms with Crippen LogP contribution < -0.4 is 5.30 Å². The van der Waals surface area contributed by atoms with E-state index < -0.39 is 0 Å². The fraction of sp³-hybridized carbons (Fsp3) is 0.231. The van der Waals surface area contributed by atoms with Gasteiger partial charge in [-0.05, 0) is 40.6 Å². The molecule has 0 aromatic heterocycles. The van der Waals surface area contributed by atoms with E-state index in [1.54, 1.807) is 10.9 Å². The van der Waals surface area contributed by atoms with Gasteiger partial charge in [0.05, 0.1) is 0 Å². The van der Waals surface area contributed by atoms with Gasteiger partial charge in [-0.2, -0.15) is 0 Å². The Balaban J connectivity index is 2.34. The molecular formula is C13H13P. The van der Waals surface area contributed by atoms with E-state index in [0.717, 1.165) is 8.58 Å². The van der Waals surface area contributed by atoms with Crippen LogP contribution in [-0.4, -0.2) is 6.16 Å². The summed E-state index contributed by atoms with van der Waals surface area (Å²) in [6, 6.07) is 13.4. The Hall–Kier alpha value is -0.870. The SMILES string of the molecule is c1ccc2c3c(ccc2c1)PCCC3. The molecule has 0 radical (unpaired) electrons. The predicted octanol–water partition coefficient (Wildman–Crippen LogP) is 3.09. The third kappa shape index (κ3) is 1.26. The summed E-state index contributed by atoms with van der Waals surface area (Å²) >= 11 is 0. The summed E-state index contributed by atoms with van der Waals surface area (Å²) in [4.78, 5) is 0. The van der Waals surface area contributed by atoms with Crippen molar-refractivity contribution in [3.05, 3.63) is 42.0 Å². The third-order valence-electron chi connectivity index (χ3n) is 2.96. The molecule has 3 rings (SSSR count). The summed E-state index contributed by atoms with van der Waals surface area (Å²) < 4.78 is 0. The van der Waals surface area contributed by atoms with E-state index >= 15 is 0 Å². The zero-order chi connectivity index (χ0) is 9.38. The molecule has 0 N–H and O–H groups in total. The van der Waals surface area contributed by atoms with Crippen LogP contribution >= 0.6 is 8.58 Å². The van der Waals surface area contributed by atoms with E-state index in [0.29, 0.717) is 0 Å². The van der Waals surface area contributed by atoms with E-state index in [4.69, 9.17) is 0 Å². The summed E-state index contributed by atoms with van der Waals surface area (Å²) in [5.41, 5.74) is 1.62. The van der Waals surface area contributed by atoms with Gasteiger partial charge in [0.2, 0.25) is 0 Å². The minimum absolute atomic E-state index is 1.04. The van der Waals surface area contributed by atoms with E-state index in [1.165, 1.54) is 29.8 Å². The smallest absolute Gasteiger partial charge is 0.0146 e. The fourth-order valence-electron chi connectivity index (χ4n) is 2.26. The fourth-order valence-corrected chi connectivity index (χ4v) is 3.56. The molecule has 0 saturated carbocycles. The summed E-state index contributed by atoms with van der Waals surface area (Å²) in [6.45, 7) is 0. The molecule has 1 heterocycles. The Kier molecular flexibility index (Phi) is 2.03. The first-order valence-electron chi connectivity index (χ1n) is 5.20. The van der Waals surface area contributed by atoms with Crippen LogP contribution in [0.1, 0.15) is 12.0 Å². The average molecular weight is 200 g/mol. The molecular weight excluding hydrogens is 187 g/mol. The monoisotopic (exact) mass is 200 g/mol. The van der Waals surface area contributed by atoms with Crippen molar-refractivity contribution < 1.29 is 0 Å². The minimum Gasteiger partial charge on any atom is -0.0901 e. The summed E-state index contributed by atoms with van der Waals surface area (Å²) in [5.74, 6) is 0. The number of rotatable bonds is 0. The first-order valence-corrected chi connectivity index (χ1v) is 6.40. The summed E-state index contributed by atoms with van der Waals surface area (Å²) in [7, 11) is 1.04. The zero-order valence-corrected chi connectivity index (χ0v) is 9.09. The van der Waals surface area contributed by atoms with Gasteiger partial charge in [0.1, 0.15) is 0 Å². The quantitative estimate of drug-likeness (QED) is 0.573. The highest BCUT2D eigenvalue weighted by Crippen LogP contribution is 2.28. The van der Waals surface area contributed by atoms with Crippen LogP contribution in [0.3, 0.4) is 0 Å². The molecule has 1 aliphatic rings. The van der Waals surface area contributed by atoms with Gasteiger partial charge < -0.3 is 0 Å². The van der Waals surface area contributed by atoms with Crippen LogP contribution in [0.25, 0.3) is 10.8 Å². The van der Waals surface area contributed by atoms with Crippen LogP contribution in [-0.2, 0) is 6.42 Å². The van der Waals surface area contributed by atoms with Gasteiger partial charge in [-0.25, -0.2) is 0 Å². The number of benzene rings is 2. The van der Waals surface area contributed by atoms with Gasteiger partial charge in [0.25, 0.3) is 0 Å². The number of hydrogen-bond donors (Lipinski definition) is 0. The average Bonchev–Trinajstić information content (AvgIpc) is 2.29. The highest BCUT2D eigenvalue weighted by molar-refractivity contribution is 7.47. The van der Waals surface area contributed by atoms with Crippen molar-refractivity contribution in [2.24, 2.45) is 0 Å². The van der Waals surface area contributed by atoms with Crippen molar-refractivity contribution in [1.29, 1.82) is 0 Å². The maximum Gasteiger partial charge on any atom is -0.0146 e. The lowest BCUT2D eigenvalue weighted by Gasteiger charge is -2.17. The van der Waals surface area contributed by atoms with Gasteiger partial charge in [-0.15, -0.1) is 0 Å². The first-order chi connectivity index (χ1) is 6.95. The van der Waals surface area contributed by atoms with Gasteiger partial charge in [0.15, 0.2) is 0 Å². The summed E-state index contributed by atoms with van der Waals surface area (Å²) in [6.07, 6.45) is 4.05. The van der Waals surface area contributed by atoms with Gasteiger partial charge >= 0.3 is 0 Å². The maximum atomic E-state index is 2.33. The highest BCUT2D eigenvalue weighted by atomic mass is 31.1. The normalized spacial score (nSPS) is 17.1. The molecule has 1 aliphatic heterocycles. The lowest BCUT2D eigenvalue weighted by Crippen LogP contribution is -2.11. The van der Waals surface area contributed by atoms with Crippen LogP contribution in [0, 0.1) is 0 Å². The Bertz CT molecular complexity index is 474. The van der Waals surface area contributed by atoms with Gasteiger partial charge in [-0.3, -0.25) is 0 Å². The first kappa shape index (κ1) is 8.44. The van der Waals surface area contributed by atoms with Crippen LogP contribution in [0.15, 0.2) is 36.4 Å². The molecule has 14 heavy (non-hydrogen) atoms. The topological polar surface area (TPSA) is 0 Å². The molecule has 0 nitrogen and oxygen atoms in total. The van der Waals surface area contributed by atoms with Crippen molar-refractivity contribution in [2.45, 2.75) is 12.8 Å². The molecule has 0 aliphatic carbocycles. The Morgan fingerprint density at radius 3 is 2.93 bits per heavy atom. The van der Waals surface area contributed by atoms with Crippen LogP contribution in [0.5, 0.6) is 0 Å². The van der Waals surface area contributed by atoms with E-state index in [2.05, 4.69) is 36.4 Å². The molecule has 0 bridgehead atoms. The Labute approximate surface area is 86.1 Å². The molecule has 2 aromatic rings. The molecule has 1 unspecified atom stereocenters. The molecule has 1 atom stereocenters. The lowest BCUT2D eigenvalue weighted by atomic mass is 10.0. The van der Waals surface area contributed by atoms with Gasteiger partial charge in [0, 0.05) is 0 Å². The second kappa shape index (κ2) is 3.37. The molecule has 2 aromatic carbocycles. The molecule has 0 spiro atoms. The predicted molar refractivity (Wildman–Crippen MR) is 65.1 cm³/mol. The molecule has 0 fully saturated rings. The Morgan fingerprint density at radius 1 is 1.00 bits per heavy atom. The van der Waals surface area contributed by atoms with E-state index in [9.17, 15) is 0 Å². The third-order valence-corrected chi connectivity index (χ3v) is 4.41. The van der Waals surface area contributed by atoms with Crippen molar-refractivity contribution >= 4 is 24.7 Å². The van der Waals surface area contributed by atoms with E-state index in [-0.39, 0.29) is 0 Å². The highest BCUT2D eigenvalue weighted by Gasteiger charge is 2.11.